The Morgan fingerprint density at radius 2 is 1.89 bits per heavy atom. The number of thiazole rings is 1. The number of hydrogen-bond donors (Lipinski definition) is 0. The Morgan fingerprint density at radius 1 is 1.07 bits per heavy atom. The molecular weight excluding hydrogens is 411 g/mol. The van der Waals surface area contributed by atoms with Gasteiger partial charge in [0.2, 0.25) is 0 Å². The summed E-state index contributed by atoms with van der Waals surface area (Å²) >= 11 is 13.7. The molecule has 0 atom stereocenters. The van der Waals surface area contributed by atoms with Crippen LogP contribution in [0.2, 0.25) is 10.0 Å². The highest BCUT2D eigenvalue weighted by molar-refractivity contribution is 7.11. The zero-order valence-electron chi connectivity index (χ0n) is 14.4. The molecule has 0 amide bonds. The smallest absolute Gasteiger partial charge is 0.136 e. The van der Waals surface area contributed by atoms with Gasteiger partial charge >= 0.3 is 0 Å². The van der Waals surface area contributed by atoms with Crippen molar-refractivity contribution in [2.75, 3.05) is 0 Å². The van der Waals surface area contributed by atoms with Gasteiger partial charge in [-0.15, -0.1) is 11.3 Å². The lowest BCUT2D eigenvalue weighted by Gasteiger charge is -2.01. The number of nitriles is 1. The first-order chi connectivity index (χ1) is 13.6. The van der Waals surface area contributed by atoms with Crippen LogP contribution < -0.4 is 0 Å². The van der Waals surface area contributed by atoms with Crippen LogP contribution in [0.25, 0.3) is 34.2 Å². The maximum absolute atomic E-state index is 9.59. The molecule has 0 saturated carbocycles. The summed E-state index contributed by atoms with van der Waals surface area (Å²) in [6, 6.07) is 20.8. The van der Waals surface area contributed by atoms with Gasteiger partial charge in [-0.3, -0.25) is 0 Å². The molecule has 28 heavy (non-hydrogen) atoms. The van der Waals surface area contributed by atoms with Gasteiger partial charge in [-0.25, -0.2) is 4.98 Å². The van der Waals surface area contributed by atoms with Crippen molar-refractivity contribution in [1.82, 2.24) is 4.98 Å². The number of rotatable bonds is 4. The molecule has 6 heteroatoms. The normalized spacial score (nSPS) is 11.4. The van der Waals surface area contributed by atoms with Crippen molar-refractivity contribution in [1.29, 1.82) is 5.26 Å². The van der Waals surface area contributed by atoms with Gasteiger partial charge in [-0.2, -0.15) is 5.26 Å². The molecule has 0 saturated heterocycles. The van der Waals surface area contributed by atoms with E-state index >= 15 is 0 Å². The molecule has 136 valence electrons. The number of halogens is 2. The van der Waals surface area contributed by atoms with E-state index in [1.807, 2.05) is 35.7 Å². The van der Waals surface area contributed by atoms with E-state index in [-0.39, 0.29) is 0 Å². The van der Waals surface area contributed by atoms with E-state index in [2.05, 4.69) is 11.1 Å². The minimum Gasteiger partial charge on any atom is -0.457 e. The average molecular weight is 423 g/mol. The third kappa shape index (κ3) is 3.88. The van der Waals surface area contributed by atoms with Gasteiger partial charge in [0.05, 0.1) is 16.3 Å². The van der Waals surface area contributed by atoms with Crippen LogP contribution in [0.3, 0.4) is 0 Å². The Hall–Kier alpha value is -2.84. The first kappa shape index (κ1) is 18.5. The lowest BCUT2D eigenvalue weighted by atomic mass is 10.2. The number of hydrogen-bond acceptors (Lipinski definition) is 4. The predicted molar refractivity (Wildman–Crippen MR) is 115 cm³/mol. The van der Waals surface area contributed by atoms with Gasteiger partial charge < -0.3 is 4.42 Å². The molecule has 2 heterocycles. The highest BCUT2D eigenvalue weighted by Gasteiger charge is 2.12. The van der Waals surface area contributed by atoms with E-state index in [0.29, 0.717) is 37.7 Å². The fourth-order valence-electron chi connectivity index (χ4n) is 2.68. The SMILES string of the molecule is N#C/C(=C\c1ccc(-c2cc(Cl)ccc2Cl)o1)c1nc(-c2ccccc2)cs1. The quantitative estimate of drug-likeness (QED) is 0.321. The third-order valence-corrected chi connectivity index (χ3v) is 5.47. The molecule has 2 aromatic carbocycles. The average Bonchev–Trinajstić information content (AvgIpc) is 3.38. The molecule has 0 N–H and O–H groups in total. The van der Waals surface area contributed by atoms with Crippen molar-refractivity contribution in [3.63, 3.8) is 0 Å². The van der Waals surface area contributed by atoms with Crippen molar-refractivity contribution < 1.29 is 4.42 Å². The summed E-state index contributed by atoms with van der Waals surface area (Å²) in [6.45, 7) is 0. The molecule has 0 unspecified atom stereocenters. The molecule has 0 radical (unpaired) electrons. The molecule has 4 rings (SSSR count). The minimum atomic E-state index is 0.435. The largest absolute Gasteiger partial charge is 0.457 e. The van der Waals surface area contributed by atoms with Gasteiger partial charge in [0, 0.05) is 27.6 Å². The van der Waals surface area contributed by atoms with E-state index < -0.39 is 0 Å². The first-order valence-electron chi connectivity index (χ1n) is 8.32. The summed E-state index contributed by atoms with van der Waals surface area (Å²) in [5.41, 5.74) is 2.99. The minimum absolute atomic E-state index is 0.435. The van der Waals surface area contributed by atoms with E-state index in [1.165, 1.54) is 11.3 Å². The Bertz CT molecular complexity index is 1200. The molecule has 0 fully saturated rings. The van der Waals surface area contributed by atoms with Gasteiger partial charge in [0.15, 0.2) is 0 Å². The summed E-state index contributed by atoms with van der Waals surface area (Å²) in [7, 11) is 0. The molecule has 0 aliphatic heterocycles. The lowest BCUT2D eigenvalue weighted by molar-refractivity contribution is 0.572. The summed E-state index contributed by atoms with van der Waals surface area (Å²) in [5.74, 6) is 1.12. The molecule has 3 nitrogen and oxygen atoms in total. The maximum Gasteiger partial charge on any atom is 0.136 e. The molecule has 4 aromatic rings. The van der Waals surface area contributed by atoms with E-state index in [9.17, 15) is 5.26 Å². The van der Waals surface area contributed by atoms with Gasteiger partial charge in [-0.1, -0.05) is 53.5 Å². The lowest BCUT2D eigenvalue weighted by Crippen LogP contribution is -1.82. The zero-order valence-corrected chi connectivity index (χ0v) is 16.7. The Labute approximate surface area is 176 Å². The molecule has 0 bridgehead atoms. The molecule has 2 aromatic heterocycles. The third-order valence-electron chi connectivity index (χ3n) is 4.03. The summed E-state index contributed by atoms with van der Waals surface area (Å²) < 4.78 is 5.86. The van der Waals surface area contributed by atoms with Crippen LogP contribution in [0.15, 0.2) is 70.5 Å². The summed E-state index contributed by atoms with van der Waals surface area (Å²) in [5, 5.41) is 13.3. The number of furan rings is 1. The van der Waals surface area contributed by atoms with Crippen molar-refractivity contribution in [2.24, 2.45) is 0 Å². The van der Waals surface area contributed by atoms with Crippen LogP contribution in [0, 0.1) is 11.3 Å². The highest BCUT2D eigenvalue weighted by Crippen LogP contribution is 2.33. The van der Waals surface area contributed by atoms with Crippen LogP contribution in [0.5, 0.6) is 0 Å². The second-order valence-corrected chi connectivity index (χ2v) is 7.60. The topological polar surface area (TPSA) is 49.8 Å². The number of allylic oxidation sites excluding steroid dienone is 1. The molecule has 0 aliphatic carbocycles. The molecule has 0 aliphatic rings. The number of aromatic nitrogens is 1. The first-order valence-corrected chi connectivity index (χ1v) is 9.96. The van der Waals surface area contributed by atoms with Crippen molar-refractivity contribution in [3.05, 3.63) is 86.9 Å². The monoisotopic (exact) mass is 422 g/mol. The van der Waals surface area contributed by atoms with Gasteiger partial charge in [-0.05, 0) is 30.3 Å². The molecular formula is C22H12Cl2N2OS. The maximum atomic E-state index is 9.59. The Balaban J connectivity index is 1.65. The summed E-state index contributed by atoms with van der Waals surface area (Å²) in [4.78, 5) is 4.59. The van der Waals surface area contributed by atoms with E-state index in [0.717, 1.165) is 11.3 Å². The van der Waals surface area contributed by atoms with Crippen LogP contribution in [0.4, 0.5) is 0 Å². The van der Waals surface area contributed by atoms with E-state index in [4.69, 9.17) is 27.6 Å². The summed E-state index contributed by atoms with van der Waals surface area (Å²) in [6.07, 6.45) is 1.68. The van der Waals surface area contributed by atoms with Crippen molar-refractivity contribution in [2.45, 2.75) is 0 Å². The number of benzene rings is 2. The second-order valence-electron chi connectivity index (χ2n) is 5.90. The van der Waals surface area contributed by atoms with Gasteiger partial charge in [0.1, 0.15) is 22.6 Å². The Kier molecular flexibility index (Phi) is 5.31. The second kappa shape index (κ2) is 8.04. The fraction of sp³-hybridized carbons (Fsp3) is 0. The van der Waals surface area contributed by atoms with E-state index in [1.54, 1.807) is 36.4 Å². The number of nitrogens with zero attached hydrogens (tertiary/aromatic N) is 2. The highest BCUT2D eigenvalue weighted by atomic mass is 35.5. The predicted octanol–water partition coefficient (Wildman–Crippen LogP) is 7.44. The fourth-order valence-corrected chi connectivity index (χ4v) is 3.86. The van der Waals surface area contributed by atoms with Crippen LogP contribution in [0.1, 0.15) is 10.8 Å². The van der Waals surface area contributed by atoms with Crippen molar-refractivity contribution in [3.8, 4) is 28.7 Å². The van der Waals surface area contributed by atoms with Crippen molar-refractivity contribution >= 4 is 46.2 Å². The van der Waals surface area contributed by atoms with Crippen LogP contribution in [-0.4, -0.2) is 4.98 Å². The van der Waals surface area contributed by atoms with Gasteiger partial charge in [0.25, 0.3) is 0 Å². The zero-order chi connectivity index (χ0) is 19.5. The van der Waals surface area contributed by atoms with Crippen LogP contribution >= 0.6 is 34.5 Å². The van der Waals surface area contributed by atoms with Crippen LogP contribution in [-0.2, 0) is 0 Å². The molecule has 0 spiro atoms. The Morgan fingerprint density at radius 3 is 2.68 bits per heavy atom. The standard InChI is InChI=1S/C22H12Cl2N2OS/c23-16-6-8-19(24)18(11-16)21-9-7-17(27-21)10-15(12-25)22-26-20(13-28-22)14-4-2-1-3-5-14/h1-11,13H/b15-10+.